The van der Waals surface area contributed by atoms with Gasteiger partial charge >= 0.3 is 0 Å². The van der Waals surface area contributed by atoms with Crippen LogP contribution in [-0.4, -0.2) is 23.8 Å². The Labute approximate surface area is 200 Å². The Hall–Kier alpha value is -1.78. The zero-order valence-electron chi connectivity index (χ0n) is 17.0. The third kappa shape index (κ3) is 3.52. The first-order valence-corrected chi connectivity index (χ1v) is 13.9. The zero-order chi connectivity index (χ0) is 21.8. The van der Waals surface area contributed by atoms with Gasteiger partial charge in [0.25, 0.3) is 0 Å². The van der Waals surface area contributed by atoms with Crippen molar-refractivity contribution in [3.05, 3.63) is 56.7 Å². The lowest BCUT2D eigenvalue weighted by Gasteiger charge is -2.38. The number of thioether (sulfide) groups is 1. The van der Waals surface area contributed by atoms with Crippen LogP contribution in [0.3, 0.4) is 0 Å². The number of ether oxygens (including phenoxy) is 1. The van der Waals surface area contributed by atoms with E-state index in [1.54, 1.807) is 39.1 Å². The summed E-state index contributed by atoms with van der Waals surface area (Å²) in [5.74, 6) is 1.08. The number of carbonyl (C=O) groups excluding carboxylic acids is 1. The van der Waals surface area contributed by atoms with E-state index in [-0.39, 0.29) is 11.3 Å². The van der Waals surface area contributed by atoms with Crippen molar-refractivity contribution in [1.29, 1.82) is 0 Å². The molecule has 5 rings (SSSR count). The van der Waals surface area contributed by atoms with Crippen LogP contribution in [0.2, 0.25) is 0 Å². The third-order valence-corrected chi connectivity index (χ3v) is 10.8. The maximum Gasteiger partial charge on any atom is 0.242 e. The van der Waals surface area contributed by atoms with E-state index in [4.69, 9.17) is 17.0 Å². The number of amides is 1. The maximum atomic E-state index is 13.5. The largest absolute Gasteiger partial charge is 0.497 e. The number of rotatable bonds is 4. The van der Waals surface area contributed by atoms with Crippen molar-refractivity contribution in [2.45, 2.75) is 23.6 Å². The molecule has 31 heavy (non-hydrogen) atoms. The Balaban J connectivity index is 1.53. The molecule has 2 aromatic heterocycles. The number of fused-ring (bicyclic) bond motifs is 3. The normalized spacial score (nSPS) is 14.4. The number of nitrogens with zero attached hydrogens (tertiary/aromatic N) is 2. The molecule has 0 bridgehead atoms. The Morgan fingerprint density at radius 2 is 2.03 bits per heavy atom. The summed E-state index contributed by atoms with van der Waals surface area (Å²) in [7, 11) is 4.88. The van der Waals surface area contributed by atoms with Gasteiger partial charge in [0.05, 0.1) is 39.3 Å². The van der Waals surface area contributed by atoms with Gasteiger partial charge in [-0.15, -0.1) is 11.3 Å². The summed E-state index contributed by atoms with van der Waals surface area (Å²) in [5.41, 5.74) is 3.53. The summed E-state index contributed by atoms with van der Waals surface area (Å²) >= 11 is 8.76. The second-order valence-corrected chi connectivity index (χ2v) is 12.7. The van der Waals surface area contributed by atoms with Crippen LogP contribution in [0.5, 0.6) is 5.75 Å². The summed E-state index contributed by atoms with van der Waals surface area (Å²) in [5, 5.41) is 0. The topological polar surface area (TPSA) is 42.4 Å². The molecule has 4 aromatic rings. The molecule has 0 N–H and O–H groups in total. The van der Waals surface area contributed by atoms with Crippen LogP contribution >= 0.6 is 56.0 Å². The van der Waals surface area contributed by atoms with Gasteiger partial charge in [0.1, 0.15) is 9.57 Å². The number of methoxy groups -OCH3 is 1. The maximum absolute atomic E-state index is 13.5. The summed E-state index contributed by atoms with van der Waals surface area (Å²) in [6.07, 6.45) is 0. The van der Waals surface area contributed by atoms with Gasteiger partial charge in [-0.3, -0.25) is 9.69 Å². The molecule has 0 aliphatic carbocycles. The van der Waals surface area contributed by atoms with E-state index in [1.165, 1.54) is 11.8 Å². The molecule has 0 fully saturated rings. The second-order valence-electron chi connectivity index (χ2n) is 7.61. The monoisotopic (exact) mass is 502 g/mol. The Kier molecular flexibility index (Phi) is 5.42. The van der Waals surface area contributed by atoms with Crippen molar-refractivity contribution in [3.63, 3.8) is 0 Å². The quantitative estimate of drug-likeness (QED) is 0.167. The number of thiazole rings is 1. The molecule has 0 radical (unpaired) electrons. The molecule has 0 unspecified atom stereocenters. The molecule has 9 heteroatoms. The van der Waals surface area contributed by atoms with Crippen molar-refractivity contribution < 1.29 is 9.53 Å². The van der Waals surface area contributed by atoms with Crippen LogP contribution in [0.1, 0.15) is 24.3 Å². The van der Waals surface area contributed by atoms with Crippen molar-refractivity contribution in [2.75, 3.05) is 17.8 Å². The lowest BCUT2D eigenvalue weighted by Crippen LogP contribution is -2.36. The molecular formula is C22H18N2O2S5. The Morgan fingerprint density at radius 1 is 1.23 bits per heavy atom. The van der Waals surface area contributed by atoms with Crippen molar-refractivity contribution >= 4 is 83.5 Å². The fourth-order valence-electron chi connectivity index (χ4n) is 3.78. The lowest BCUT2D eigenvalue weighted by molar-refractivity contribution is -0.115. The van der Waals surface area contributed by atoms with Gasteiger partial charge in [-0.1, -0.05) is 70.6 Å². The fourth-order valence-corrected chi connectivity index (χ4v) is 8.93. The van der Waals surface area contributed by atoms with Gasteiger partial charge in [0, 0.05) is 5.41 Å². The van der Waals surface area contributed by atoms with Crippen LogP contribution in [-0.2, 0) is 10.2 Å². The summed E-state index contributed by atoms with van der Waals surface area (Å²) < 4.78 is 8.25. The molecule has 3 heterocycles. The number of hydrogen-bond acceptors (Lipinski definition) is 8. The van der Waals surface area contributed by atoms with Crippen molar-refractivity contribution in [1.82, 2.24) is 4.98 Å². The highest BCUT2D eigenvalue weighted by Crippen LogP contribution is 2.54. The SMILES string of the molecule is COc1ccc2c(c1)C(C)(C)c1ssc(=S)c1N2C(=O)CSc1nc2ccccc2s1. The van der Waals surface area contributed by atoms with E-state index in [0.29, 0.717) is 5.75 Å². The van der Waals surface area contributed by atoms with Gasteiger partial charge in [0.15, 0.2) is 4.34 Å². The van der Waals surface area contributed by atoms with Crippen LogP contribution < -0.4 is 9.64 Å². The minimum absolute atomic E-state index is 0.00382. The molecule has 158 valence electrons. The average molecular weight is 503 g/mol. The molecule has 0 spiro atoms. The standard InChI is InChI=1S/C22H18N2O2S5/c1-22(2)13-10-12(26-3)8-9-15(13)24(18-19(22)30-31-20(18)27)17(25)11-28-21-23-14-6-4-5-7-16(14)29-21/h4-10H,11H2,1-3H3. The molecule has 0 saturated carbocycles. The molecule has 4 nitrogen and oxygen atoms in total. The molecular weight excluding hydrogens is 485 g/mol. The molecule has 1 amide bonds. The predicted octanol–water partition coefficient (Wildman–Crippen LogP) is 7.25. The Bertz CT molecular complexity index is 1330. The smallest absolute Gasteiger partial charge is 0.242 e. The predicted molar refractivity (Wildman–Crippen MR) is 136 cm³/mol. The number of carbonyl (C=O) groups is 1. The van der Waals surface area contributed by atoms with Gasteiger partial charge < -0.3 is 4.74 Å². The van der Waals surface area contributed by atoms with E-state index in [0.717, 1.165) is 45.9 Å². The van der Waals surface area contributed by atoms with Crippen molar-refractivity contribution in [3.8, 4) is 5.75 Å². The number of aromatic nitrogens is 1. The van der Waals surface area contributed by atoms with E-state index in [2.05, 4.69) is 24.9 Å². The van der Waals surface area contributed by atoms with Gasteiger partial charge in [-0.2, -0.15) is 0 Å². The summed E-state index contributed by atoms with van der Waals surface area (Å²) in [4.78, 5) is 21.1. The summed E-state index contributed by atoms with van der Waals surface area (Å²) in [6.45, 7) is 4.36. The summed E-state index contributed by atoms with van der Waals surface area (Å²) in [6, 6.07) is 13.9. The Morgan fingerprint density at radius 3 is 2.81 bits per heavy atom. The first-order valence-electron chi connectivity index (χ1n) is 9.53. The first kappa shape index (κ1) is 21.1. The number of anilines is 2. The van der Waals surface area contributed by atoms with E-state index in [9.17, 15) is 4.79 Å². The molecule has 0 atom stereocenters. The van der Waals surface area contributed by atoms with Gasteiger partial charge in [-0.25, -0.2) is 4.98 Å². The number of benzene rings is 2. The molecule has 0 saturated heterocycles. The second kappa shape index (κ2) is 7.97. The fraction of sp³-hybridized carbons (Fsp3) is 0.227. The average Bonchev–Trinajstić information content (AvgIpc) is 3.36. The first-order chi connectivity index (χ1) is 14.9. The highest BCUT2D eigenvalue weighted by atomic mass is 32.9. The van der Waals surface area contributed by atoms with Crippen LogP contribution in [0.25, 0.3) is 10.2 Å². The number of para-hydroxylation sites is 1. The van der Waals surface area contributed by atoms with Crippen LogP contribution in [0.15, 0.2) is 46.8 Å². The van der Waals surface area contributed by atoms with Crippen molar-refractivity contribution in [2.24, 2.45) is 0 Å². The minimum Gasteiger partial charge on any atom is -0.497 e. The third-order valence-electron chi connectivity index (χ3n) is 5.36. The molecule has 2 aromatic carbocycles. The minimum atomic E-state index is -0.256. The zero-order valence-corrected chi connectivity index (χ0v) is 21.1. The number of hydrogen-bond donors (Lipinski definition) is 0. The molecule has 1 aliphatic heterocycles. The van der Waals surface area contributed by atoms with Crippen LogP contribution in [0.4, 0.5) is 11.4 Å². The van der Waals surface area contributed by atoms with Gasteiger partial charge in [-0.05, 0) is 35.9 Å². The van der Waals surface area contributed by atoms with E-state index < -0.39 is 0 Å². The van der Waals surface area contributed by atoms with E-state index >= 15 is 0 Å². The highest BCUT2D eigenvalue weighted by Gasteiger charge is 2.41. The van der Waals surface area contributed by atoms with Crippen LogP contribution in [0, 0.1) is 3.82 Å². The van der Waals surface area contributed by atoms with E-state index in [1.807, 2.05) is 41.3 Å². The van der Waals surface area contributed by atoms with Gasteiger partial charge in [0.2, 0.25) is 5.91 Å². The highest BCUT2D eigenvalue weighted by molar-refractivity contribution is 8.01. The molecule has 1 aliphatic rings. The lowest BCUT2D eigenvalue weighted by atomic mass is 9.78.